The molecule has 0 aliphatic heterocycles. The number of pyridine rings is 2. The third-order valence-electron chi connectivity index (χ3n) is 3.69. The first-order chi connectivity index (χ1) is 11.7. The Labute approximate surface area is 137 Å². The van der Waals surface area contributed by atoms with Gasteiger partial charge in [0.2, 0.25) is 0 Å². The van der Waals surface area contributed by atoms with E-state index in [9.17, 15) is 4.79 Å². The van der Waals surface area contributed by atoms with Crippen molar-refractivity contribution in [2.24, 2.45) is 0 Å². The molecule has 1 amide bonds. The SMILES string of the molecule is Cc1nc2ccccn2c1C(=O)Nc1ccc(-n2ccnc2)nc1. The van der Waals surface area contributed by atoms with Gasteiger partial charge in [-0.2, -0.15) is 0 Å². The largest absolute Gasteiger partial charge is 0.319 e. The van der Waals surface area contributed by atoms with E-state index < -0.39 is 0 Å². The minimum absolute atomic E-state index is 0.219. The first-order valence-corrected chi connectivity index (χ1v) is 7.42. The van der Waals surface area contributed by atoms with Gasteiger partial charge in [-0.1, -0.05) is 6.07 Å². The van der Waals surface area contributed by atoms with Crippen LogP contribution in [0, 0.1) is 6.92 Å². The van der Waals surface area contributed by atoms with Gasteiger partial charge in [0.25, 0.3) is 5.91 Å². The molecule has 4 aromatic heterocycles. The first kappa shape index (κ1) is 14.1. The Balaban J connectivity index is 1.60. The molecule has 118 valence electrons. The van der Waals surface area contributed by atoms with Crippen LogP contribution >= 0.6 is 0 Å². The second-order valence-corrected chi connectivity index (χ2v) is 5.30. The Kier molecular flexibility index (Phi) is 3.31. The van der Waals surface area contributed by atoms with Gasteiger partial charge in [-0.3, -0.25) is 13.8 Å². The quantitative estimate of drug-likeness (QED) is 0.629. The van der Waals surface area contributed by atoms with Crippen LogP contribution in [0.3, 0.4) is 0 Å². The minimum Gasteiger partial charge on any atom is -0.319 e. The Morgan fingerprint density at radius 2 is 2.08 bits per heavy atom. The number of nitrogens with one attached hydrogen (secondary N) is 1. The highest BCUT2D eigenvalue weighted by Crippen LogP contribution is 2.15. The van der Waals surface area contributed by atoms with E-state index in [1.165, 1.54) is 0 Å². The summed E-state index contributed by atoms with van der Waals surface area (Å²) in [5.74, 6) is 0.514. The lowest BCUT2D eigenvalue weighted by atomic mass is 10.3. The number of amides is 1. The number of fused-ring (bicyclic) bond motifs is 1. The molecular formula is C17H14N6O. The maximum atomic E-state index is 12.6. The highest BCUT2D eigenvalue weighted by Gasteiger charge is 2.16. The highest BCUT2D eigenvalue weighted by molar-refractivity contribution is 6.04. The van der Waals surface area contributed by atoms with E-state index in [0.717, 1.165) is 11.5 Å². The Morgan fingerprint density at radius 3 is 2.83 bits per heavy atom. The van der Waals surface area contributed by atoms with Crippen LogP contribution in [-0.4, -0.2) is 29.8 Å². The summed E-state index contributed by atoms with van der Waals surface area (Å²) in [6.07, 6.45) is 8.60. The zero-order valence-electron chi connectivity index (χ0n) is 12.9. The van der Waals surface area contributed by atoms with Gasteiger partial charge in [-0.05, 0) is 31.2 Å². The zero-order valence-corrected chi connectivity index (χ0v) is 12.9. The maximum absolute atomic E-state index is 12.6. The molecule has 0 atom stereocenters. The van der Waals surface area contributed by atoms with E-state index in [-0.39, 0.29) is 5.91 Å². The van der Waals surface area contributed by atoms with Crippen molar-refractivity contribution in [2.75, 3.05) is 5.32 Å². The highest BCUT2D eigenvalue weighted by atomic mass is 16.2. The van der Waals surface area contributed by atoms with Gasteiger partial charge in [0.05, 0.1) is 17.6 Å². The second-order valence-electron chi connectivity index (χ2n) is 5.30. The van der Waals surface area contributed by atoms with Crippen LogP contribution in [-0.2, 0) is 0 Å². The number of carbonyl (C=O) groups is 1. The summed E-state index contributed by atoms with van der Waals surface area (Å²) in [5.41, 5.74) is 2.56. The number of carbonyl (C=O) groups excluding carboxylic acids is 1. The maximum Gasteiger partial charge on any atom is 0.274 e. The van der Waals surface area contributed by atoms with E-state index in [2.05, 4.69) is 20.3 Å². The van der Waals surface area contributed by atoms with E-state index in [4.69, 9.17) is 0 Å². The third kappa shape index (κ3) is 2.41. The van der Waals surface area contributed by atoms with Gasteiger partial charge in [0.15, 0.2) is 0 Å². The van der Waals surface area contributed by atoms with Gasteiger partial charge >= 0.3 is 0 Å². The summed E-state index contributed by atoms with van der Waals surface area (Å²) >= 11 is 0. The van der Waals surface area contributed by atoms with Crippen molar-refractivity contribution in [1.29, 1.82) is 0 Å². The fourth-order valence-corrected chi connectivity index (χ4v) is 2.58. The lowest BCUT2D eigenvalue weighted by molar-refractivity contribution is 0.102. The number of anilines is 1. The van der Waals surface area contributed by atoms with E-state index in [1.54, 1.807) is 33.8 Å². The normalized spacial score (nSPS) is 10.9. The van der Waals surface area contributed by atoms with Gasteiger partial charge in [0, 0.05) is 18.6 Å². The molecule has 0 radical (unpaired) electrons. The molecule has 0 fully saturated rings. The van der Waals surface area contributed by atoms with Gasteiger partial charge in [-0.25, -0.2) is 15.0 Å². The Bertz CT molecular complexity index is 1000. The number of rotatable bonds is 3. The van der Waals surface area contributed by atoms with Crippen molar-refractivity contribution < 1.29 is 4.79 Å². The van der Waals surface area contributed by atoms with Crippen LogP contribution < -0.4 is 5.32 Å². The number of aryl methyl sites for hydroxylation is 1. The van der Waals surface area contributed by atoms with Crippen LogP contribution in [0.25, 0.3) is 11.5 Å². The van der Waals surface area contributed by atoms with Crippen LogP contribution in [0.1, 0.15) is 16.2 Å². The fraction of sp³-hybridized carbons (Fsp3) is 0.0588. The van der Waals surface area contributed by atoms with Crippen molar-refractivity contribution in [3.05, 3.63) is 72.8 Å². The summed E-state index contributed by atoms with van der Waals surface area (Å²) in [6.45, 7) is 1.82. The molecule has 0 saturated carbocycles. The van der Waals surface area contributed by atoms with E-state index in [0.29, 0.717) is 17.1 Å². The molecule has 4 rings (SSSR count). The molecule has 0 saturated heterocycles. The van der Waals surface area contributed by atoms with Gasteiger partial charge in [-0.15, -0.1) is 0 Å². The number of hydrogen-bond acceptors (Lipinski definition) is 4. The molecule has 4 heterocycles. The van der Waals surface area contributed by atoms with Crippen molar-refractivity contribution in [2.45, 2.75) is 6.92 Å². The molecule has 4 aromatic rings. The lowest BCUT2D eigenvalue weighted by Gasteiger charge is -2.07. The van der Waals surface area contributed by atoms with E-state index in [1.807, 2.05) is 43.6 Å². The van der Waals surface area contributed by atoms with Crippen molar-refractivity contribution in [3.63, 3.8) is 0 Å². The van der Waals surface area contributed by atoms with Crippen LogP contribution in [0.4, 0.5) is 5.69 Å². The third-order valence-corrected chi connectivity index (χ3v) is 3.69. The molecular weight excluding hydrogens is 304 g/mol. The van der Waals surface area contributed by atoms with Gasteiger partial charge < -0.3 is 5.32 Å². The lowest BCUT2D eigenvalue weighted by Crippen LogP contribution is -2.15. The van der Waals surface area contributed by atoms with E-state index >= 15 is 0 Å². The Morgan fingerprint density at radius 1 is 1.17 bits per heavy atom. The molecule has 0 bridgehead atoms. The molecule has 7 nitrogen and oxygen atoms in total. The van der Waals surface area contributed by atoms with Crippen molar-refractivity contribution in [1.82, 2.24) is 23.9 Å². The second kappa shape index (κ2) is 5.62. The number of hydrogen-bond donors (Lipinski definition) is 1. The predicted molar refractivity (Wildman–Crippen MR) is 89.2 cm³/mol. The molecule has 7 heteroatoms. The van der Waals surface area contributed by atoms with Crippen LogP contribution in [0.15, 0.2) is 61.4 Å². The smallest absolute Gasteiger partial charge is 0.274 e. The standard InChI is InChI=1S/C17H14N6O/c1-12-16(23-8-3-2-4-15(23)20-12)17(24)21-13-5-6-14(19-10-13)22-9-7-18-11-22/h2-11H,1H3,(H,21,24). The number of imidazole rings is 2. The van der Waals surface area contributed by atoms with Crippen LogP contribution in [0.2, 0.25) is 0 Å². The summed E-state index contributed by atoms with van der Waals surface area (Å²) in [5, 5.41) is 2.86. The number of nitrogens with zero attached hydrogens (tertiary/aromatic N) is 5. The first-order valence-electron chi connectivity index (χ1n) is 7.42. The molecule has 0 aliphatic carbocycles. The molecule has 0 unspecified atom stereocenters. The molecule has 0 aliphatic rings. The van der Waals surface area contributed by atoms with Crippen LogP contribution in [0.5, 0.6) is 0 Å². The number of aromatic nitrogens is 5. The topological polar surface area (TPSA) is 77.1 Å². The van der Waals surface area contributed by atoms with Crippen molar-refractivity contribution >= 4 is 17.2 Å². The fourth-order valence-electron chi connectivity index (χ4n) is 2.58. The summed E-state index contributed by atoms with van der Waals surface area (Å²) < 4.78 is 3.57. The average Bonchev–Trinajstić information content (AvgIpc) is 3.22. The average molecular weight is 318 g/mol. The zero-order chi connectivity index (χ0) is 16.5. The minimum atomic E-state index is -0.219. The predicted octanol–water partition coefficient (Wildman–Crippen LogP) is 2.48. The Hall–Kier alpha value is -3.48. The monoisotopic (exact) mass is 318 g/mol. The molecule has 0 aromatic carbocycles. The summed E-state index contributed by atoms with van der Waals surface area (Å²) in [4.78, 5) is 25.3. The summed E-state index contributed by atoms with van der Waals surface area (Å²) in [6, 6.07) is 9.25. The van der Waals surface area contributed by atoms with Crippen molar-refractivity contribution in [3.8, 4) is 5.82 Å². The van der Waals surface area contributed by atoms with Gasteiger partial charge in [0.1, 0.15) is 23.5 Å². The molecule has 1 N–H and O–H groups in total. The molecule has 24 heavy (non-hydrogen) atoms. The molecule has 0 spiro atoms. The summed E-state index contributed by atoms with van der Waals surface area (Å²) in [7, 11) is 0.